The van der Waals surface area contributed by atoms with Crippen molar-refractivity contribution in [3.05, 3.63) is 48.6 Å². The lowest BCUT2D eigenvalue weighted by Gasteiger charge is -2.02. The van der Waals surface area contributed by atoms with Crippen molar-refractivity contribution in [1.82, 2.24) is 5.32 Å². The normalized spacial score (nSPS) is 11.5. The summed E-state index contributed by atoms with van der Waals surface area (Å²) in [7, 11) is 1.86. The Balaban J connectivity index is 4.43. The molecule has 0 bridgehead atoms. The van der Waals surface area contributed by atoms with E-state index in [1.807, 2.05) is 25.3 Å². The first-order valence-corrected chi connectivity index (χ1v) is 4.49. The van der Waals surface area contributed by atoms with Gasteiger partial charge in [0.25, 0.3) is 0 Å². The quantitative estimate of drug-likeness (QED) is 0.500. The average Bonchev–Trinajstić information content (AvgIpc) is 2.11. The lowest BCUT2D eigenvalue weighted by Crippen LogP contribution is -2.05. The van der Waals surface area contributed by atoms with Crippen LogP contribution in [0, 0.1) is 0 Å². The van der Waals surface area contributed by atoms with Gasteiger partial charge in [0, 0.05) is 12.7 Å². The summed E-state index contributed by atoms with van der Waals surface area (Å²) in [6.45, 7) is 12.3. The summed E-state index contributed by atoms with van der Waals surface area (Å²) in [6, 6.07) is 0. The fourth-order valence-electron chi connectivity index (χ4n) is 0.857. The molecule has 0 aromatic carbocycles. The minimum atomic E-state index is 0.513. The van der Waals surface area contributed by atoms with E-state index in [4.69, 9.17) is 0 Å². The molecule has 0 heterocycles. The van der Waals surface area contributed by atoms with Gasteiger partial charge in [-0.2, -0.15) is 0 Å². The van der Waals surface area contributed by atoms with Gasteiger partial charge in [0.15, 0.2) is 6.71 Å². The van der Waals surface area contributed by atoms with Crippen LogP contribution in [0.4, 0.5) is 0 Å². The molecule has 0 saturated carbocycles. The number of rotatable bonds is 5. The molecule has 70 valence electrons. The Hall–Kier alpha value is -1.18. The smallest absolute Gasteiger partial charge is 0.169 e. The Labute approximate surface area is 82.0 Å². The predicted octanol–water partition coefficient (Wildman–Crippen LogP) is 2.68. The van der Waals surface area contributed by atoms with Crippen molar-refractivity contribution >= 4 is 6.71 Å². The molecule has 0 radical (unpaired) electrons. The Bertz CT molecular complexity index is 236. The molecule has 1 N–H and O–H groups in total. The largest absolute Gasteiger partial charge is 0.389 e. The first kappa shape index (κ1) is 11.8. The van der Waals surface area contributed by atoms with Crippen molar-refractivity contribution in [2.24, 2.45) is 0 Å². The molecular weight excluding hydrogens is 157 g/mol. The van der Waals surface area contributed by atoms with Gasteiger partial charge >= 0.3 is 0 Å². The maximum absolute atomic E-state index is 3.81. The van der Waals surface area contributed by atoms with Crippen LogP contribution in [-0.4, -0.2) is 13.8 Å². The number of allylic oxidation sites excluding steroid dienone is 5. The van der Waals surface area contributed by atoms with E-state index in [1.54, 1.807) is 0 Å². The SMILES string of the molecule is C=C/C=C(\C=C/C(=C)NC)B(C)C. The zero-order valence-electron chi connectivity index (χ0n) is 8.80. The van der Waals surface area contributed by atoms with E-state index in [2.05, 4.69) is 38.2 Å². The topological polar surface area (TPSA) is 12.0 Å². The summed E-state index contributed by atoms with van der Waals surface area (Å²) in [5.74, 6) is 0. The third kappa shape index (κ3) is 5.13. The summed E-state index contributed by atoms with van der Waals surface area (Å²) in [6.07, 6.45) is 7.85. The molecule has 0 aliphatic rings. The molecule has 0 aromatic heterocycles. The van der Waals surface area contributed by atoms with Crippen LogP contribution in [0.1, 0.15) is 0 Å². The van der Waals surface area contributed by atoms with Crippen LogP contribution >= 0.6 is 0 Å². The number of likely N-dealkylation sites (N-methyl/N-ethyl adjacent to an activating group) is 1. The second kappa shape index (κ2) is 6.35. The van der Waals surface area contributed by atoms with Crippen molar-refractivity contribution in [3.63, 3.8) is 0 Å². The molecule has 0 rings (SSSR count). The Morgan fingerprint density at radius 3 is 2.31 bits per heavy atom. The van der Waals surface area contributed by atoms with Crippen LogP contribution in [-0.2, 0) is 0 Å². The lowest BCUT2D eigenvalue weighted by molar-refractivity contribution is 1.04. The zero-order valence-corrected chi connectivity index (χ0v) is 8.80. The third-order valence-electron chi connectivity index (χ3n) is 1.78. The van der Waals surface area contributed by atoms with E-state index in [-0.39, 0.29) is 0 Å². The van der Waals surface area contributed by atoms with Gasteiger partial charge < -0.3 is 5.32 Å². The van der Waals surface area contributed by atoms with Crippen LogP contribution in [0.25, 0.3) is 0 Å². The summed E-state index contributed by atoms with van der Waals surface area (Å²) in [5.41, 5.74) is 2.17. The zero-order chi connectivity index (χ0) is 10.3. The van der Waals surface area contributed by atoms with E-state index >= 15 is 0 Å². The molecule has 0 atom stereocenters. The standard InChI is InChI=1S/C11H18BN/c1-6-7-11(12(3)4)9-8-10(2)13-5/h6-9,13H,1-2H2,3-5H3/b9-8-,11-7+. The van der Waals surface area contributed by atoms with Crippen molar-refractivity contribution in [1.29, 1.82) is 0 Å². The summed E-state index contributed by atoms with van der Waals surface area (Å²) in [4.78, 5) is 0. The summed E-state index contributed by atoms with van der Waals surface area (Å²) < 4.78 is 0. The van der Waals surface area contributed by atoms with E-state index in [0.29, 0.717) is 6.71 Å². The molecule has 0 aliphatic carbocycles. The van der Waals surface area contributed by atoms with Gasteiger partial charge in [-0.05, 0) is 6.08 Å². The molecule has 0 unspecified atom stereocenters. The van der Waals surface area contributed by atoms with Gasteiger partial charge in [0.05, 0.1) is 0 Å². The minimum Gasteiger partial charge on any atom is -0.389 e. The van der Waals surface area contributed by atoms with Crippen LogP contribution < -0.4 is 5.32 Å². The molecule has 0 saturated heterocycles. The average molecular weight is 175 g/mol. The first-order valence-electron chi connectivity index (χ1n) is 4.49. The summed E-state index contributed by atoms with van der Waals surface area (Å²) >= 11 is 0. The fourth-order valence-corrected chi connectivity index (χ4v) is 0.857. The first-order chi connectivity index (χ1) is 6.11. The van der Waals surface area contributed by atoms with Crippen LogP contribution in [0.2, 0.25) is 13.6 Å². The molecule has 2 heteroatoms. The molecule has 13 heavy (non-hydrogen) atoms. The molecule has 0 amide bonds. The van der Waals surface area contributed by atoms with Gasteiger partial charge in [0.1, 0.15) is 0 Å². The second-order valence-electron chi connectivity index (χ2n) is 3.17. The van der Waals surface area contributed by atoms with Crippen molar-refractivity contribution in [2.75, 3.05) is 7.05 Å². The summed E-state index contributed by atoms with van der Waals surface area (Å²) in [5, 5.41) is 2.97. The highest BCUT2D eigenvalue weighted by atomic mass is 14.8. The number of hydrogen-bond donors (Lipinski definition) is 1. The maximum Gasteiger partial charge on any atom is 0.169 e. The third-order valence-corrected chi connectivity index (χ3v) is 1.78. The Kier molecular flexibility index (Phi) is 5.78. The fraction of sp³-hybridized carbons (Fsp3) is 0.273. The van der Waals surface area contributed by atoms with E-state index < -0.39 is 0 Å². The monoisotopic (exact) mass is 175 g/mol. The van der Waals surface area contributed by atoms with E-state index in [1.165, 1.54) is 5.47 Å². The predicted molar refractivity (Wildman–Crippen MR) is 63.1 cm³/mol. The van der Waals surface area contributed by atoms with Crippen molar-refractivity contribution in [2.45, 2.75) is 13.6 Å². The molecule has 0 fully saturated rings. The van der Waals surface area contributed by atoms with Gasteiger partial charge in [0.2, 0.25) is 0 Å². The Morgan fingerprint density at radius 2 is 1.92 bits per heavy atom. The van der Waals surface area contributed by atoms with E-state index in [9.17, 15) is 0 Å². The van der Waals surface area contributed by atoms with Crippen LogP contribution in [0.3, 0.4) is 0 Å². The van der Waals surface area contributed by atoms with Crippen LogP contribution in [0.5, 0.6) is 0 Å². The number of hydrogen-bond acceptors (Lipinski definition) is 1. The minimum absolute atomic E-state index is 0.513. The van der Waals surface area contributed by atoms with Crippen LogP contribution in [0.15, 0.2) is 48.6 Å². The Morgan fingerprint density at radius 1 is 1.31 bits per heavy atom. The molecule has 0 aromatic rings. The van der Waals surface area contributed by atoms with Crippen molar-refractivity contribution < 1.29 is 0 Å². The van der Waals surface area contributed by atoms with Crippen molar-refractivity contribution in [3.8, 4) is 0 Å². The molecule has 0 aliphatic heterocycles. The highest BCUT2D eigenvalue weighted by molar-refractivity contribution is 6.64. The lowest BCUT2D eigenvalue weighted by atomic mass is 9.48. The molecule has 0 spiro atoms. The van der Waals surface area contributed by atoms with Gasteiger partial charge in [-0.25, -0.2) is 0 Å². The van der Waals surface area contributed by atoms with Gasteiger partial charge in [-0.3, -0.25) is 0 Å². The van der Waals surface area contributed by atoms with Gasteiger partial charge in [-0.15, -0.1) is 0 Å². The molecular formula is C11H18BN. The molecule has 1 nitrogen and oxygen atoms in total. The highest BCUT2D eigenvalue weighted by Gasteiger charge is 2.01. The highest BCUT2D eigenvalue weighted by Crippen LogP contribution is 2.04. The second-order valence-corrected chi connectivity index (χ2v) is 3.17. The van der Waals surface area contributed by atoms with Gasteiger partial charge in [-0.1, -0.05) is 50.5 Å². The number of nitrogens with one attached hydrogen (secondary N) is 1. The maximum atomic E-state index is 3.81. The van der Waals surface area contributed by atoms with E-state index in [0.717, 1.165) is 5.70 Å².